The van der Waals surface area contributed by atoms with Crippen LogP contribution in [0.15, 0.2) is 29.2 Å². The van der Waals surface area contributed by atoms with E-state index in [1.807, 2.05) is 0 Å². The molecular formula is C15H24N2O2S. The Morgan fingerprint density at radius 3 is 2.40 bits per heavy atom. The molecule has 1 unspecified atom stereocenters. The van der Waals surface area contributed by atoms with Crippen LogP contribution in [0.3, 0.4) is 0 Å². The monoisotopic (exact) mass is 296 g/mol. The number of primary sulfonamides is 1. The first kappa shape index (κ1) is 15.3. The van der Waals surface area contributed by atoms with E-state index in [4.69, 9.17) is 5.14 Å². The summed E-state index contributed by atoms with van der Waals surface area (Å²) in [5.74, 6) is 0. The summed E-state index contributed by atoms with van der Waals surface area (Å²) in [6.45, 7) is 4.66. The Bertz CT molecular complexity index is 550. The molecule has 1 aliphatic carbocycles. The number of hydrogen-bond acceptors (Lipinski definition) is 3. The second kappa shape index (κ2) is 5.74. The molecule has 0 bridgehead atoms. The highest BCUT2D eigenvalue weighted by atomic mass is 32.2. The predicted octanol–water partition coefficient (Wildman–Crippen LogP) is 3.10. The molecule has 112 valence electrons. The Kier molecular flexibility index (Phi) is 4.39. The van der Waals surface area contributed by atoms with Crippen LogP contribution >= 0.6 is 0 Å². The van der Waals surface area contributed by atoms with E-state index in [1.165, 1.54) is 25.7 Å². The standard InChI is InChI=1S/C15H24N2O2S/c1-15(2)10-3-4-12(9-11-15)17-13-5-7-14(8-6-13)20(16,18)19/h5-8,12,17H,3-4,9-11H2,1-2H3,(H2,16,18,19). The topological polar surface area (TPSA) is 72.2 Å². The van der Waals surface area contributed by atoms with Crippen LogP contribution in [0.5, 0.6) is 0 Å². The third kappa shape index (κ3) is 4.21. The fourth-order valence-electron chi connectivity index (χ4n) is 2.78. The van der Waals surface area contributed by atoms with Gasteiger partial charge >= 0.3 is 0 Å². The van der Waals surface area contributed by atoms with Crippen LogP contribution in [0.2, 0.25) is 0 Å². The zero-order valence-corrected chi connectivity index (χ0v) is 13.0. The van der Waals surface area contributed by atoms with Crippen LogP contribution in [0.1, 0.15) is 46.0 Å². The number of nitrogens with one attached hydrogen (secondary N) is 1. The molecule has 1 saturated carbocycles. The highest BCUT2D eigenvalue weighted by Crippen LogP contribution is 2.34. The molecule has 1 fully saturated rings. The van der Waals surface area contributed by atoms with Gasteiger partial charge in [0, 0.05) is 11.7 Å². The zero-order valence-electron chi connectivity index (χ0n) is 12.2. The zero-order chi connectivity index (χ0) is 14.8. The molecular weight excluding hydrogens is 272 g/mol. The molecule has 3 N–H and O–H groups in total. The smallest absolute Gasteiger partial charge is 0.238 e. The fourth-order valence-corrected chi connectivity index (χ4v) is 3.30. The summed E-state index contributed by atoms with van der Waals surface area (Å²) in [5, 5.41) is 8.60. The molecule has 1 atom stereocenters. The molecule has 0 amide bonds. The summed E-state index contributed by atoms with van der Waals surface area (Å²) in [5.41, 5.74) is 1.40. The summed E-state index contributed by atoms with van der Waals surface area (Å²) in [7, 11) is -3.60. The SMILES string of the molecule is CC1(C)CCCC(Nc2ccc(S(N)(=O)=O)cc2)CC1. The van der Waals surface area contributed by atoms with Crippen molar-refractivity contribution in [3.8, 4) is 0 Å². The average molecular weight is 296 g/mol. The van der Waals surface area contributed by atoms with E-state index in [-0.39, 0.29) is 4.90 Å². The van der Waals surface area contributed by atoms with Gasteiger partial charge in [0.2, 0.25) is 10.0 Å². The van der Waals surface area contributed by atoms with Crippen molar-refractivity contribution in [2.75, 3.05) is 5.32 Å². The van der Waals surface area contributed by atoms with Gasteiger partial charge in [-0.2, -0.15) is 0 Å². The van der Waals surface area contributed by atoms with Crippen molar-refractivity contribution in [2.45, 2.75) is 56.9 Å². The van der Waals surface area contributed by atoms with Crippen LogP contribution in [-0.4, -0.2) is 14.5 Å². The van der Waals surface area contributed by atoms with Crippen LogP contribution in [0.25, 0.3) is 0 Å². The number of sulfonamides is 1. The molecule has 0 aromatic heterocycles. The number of rotatable bonds is 3. The van der Waals surface area contributed by atoms with E-state index >= 15 is 0 Å². The summed E-state index contributed by atoms with van der Waals surface area (Å²) in [6.07, 6.45) is 6.06. The second-order valence-corrected chi connectivity index (χ2v) is 8.07. The number of hydrogen-bond donors (Lipinski definition) is 2. The third-order valence-electron chi connectivity index (χ3n) is 4.13. The molecule has 5 heteroatoms. The highest BCUT2D eigenvalue weighted by Gasteiger charge is 2.24. The van der Waals surface area contributed by atoms with E-state index in [0.717, 1.165) is 12.1 Å². The minimum Gasteiger partial charge on any atom is -0.382 e. The largest absolute Gasteiger partial charge is 0.382 e. The van der Waals surface area contributed by atoms with Crippen molar-refractivity contribution in [3.63, 3.8) is 0 Å². The van der Waals surface area contributed by atoms with Crippen LogP contribution < -0.4 is 10.5 Å². The first-order chi connectivity index (χ1) is 9.26. The third-order valence-corrected chi connectivity index (χ3v) is 5.06. The van der Waals surface area contributed by atoms with Gasteiger partial charge in [-0.1, -0.05) is 20.3 Å². The highest BCUT2D eigenvalue weighted by molar-refractivity contribution is 7.89. The molecule has 2 rings (SSSR count). The molecule has 4 nitrogen and oxygen atoms in total. The lowest BCUT2D eigenvalue weighted by atomic mass is 9.85. The quantitative estimate of drug-likeness (QED) is 0.842. The number of nitrogens with two attached hydrogens (primary N) is 1. The van der Waals surface area contributed by atoms with E-state index in [1.54, 1.807) is 24.3 Å². The predicted molar refractivity (Wildman–Crippen MR) is 82.1 cm³/mol. The van der Waals surface area contributed by atoms with E-state index < -0.39 is 10.0 Å². The van der Waals surface area contributed by atoms with Gasteiger partial charge in [-0.25, -0.2) is 13.6 Å². The normalized spacial score (nSPS) is 23.1. The molecule has 1 aromatic carbocycles. The Balaban J connectivity index is 2.00. The fraction of sp³-hybridized carbons (Fsp3) is 0.600. The van der Waals surface area contributed by atoms with Crippen molar-refractivity contribution >= 4 is 15.7 Å². The Hall–Kier alpha value is -1.07. The van der Waals surface area contributed by atoms with Crippen LogP contribution in [-0.2, 0) is 10.0 Å². The van der Waals surface area contributed by atoms with Gasteiger partial charge in [-0.05, 0) is 55.4 Å². The second-order valence-electron chi connectivity index (χ2n) is 6.51. The van der Waals surface area contributed by atoms with Gasteiger partial charge < -0.3 is 5.32 Å². The lowest BCUT2D eigenvalue weighted by molar-refractivity contribution is 0.313. The summed E-state index contributed by atoms with van der Waals surface area (Å²) >= 11 is 0. The minimum absolute atomic E-state index is 0.157. The van der Waals surface area contributed by atoms with E-state index in [0.29, 0.717) is 11.5 Å². The van der Waals surface area contributed by atoms with Crippen molar-refractivity contribution in [2.24, 2.45) is 10.6 Å². The van der Waals surface area contributed by atoms with Crippen molar-refractivity contribution < 1.29 is 8.42 Å². The molecule has 0 heterocycles. The van der Waals surface area contributed by atoms with E-state index in [9.17, 15) is 8.42 Å². The number of benzene rings is 1. The maximum Gasteiger partial charge on any atom is 0.238 e. The van der Waals surface area contributed by atoms with Gasteiger partial charge in [-0.15, -0.1) is 0 Å². The van der Waals surface area contributed by atoms with Gasteiger partial charge in [0.25, 0.3) is 0 Å². The summed E-state index contributed by atoms with van der Waals surface area (Å²) in [6, 6.07) is 7.15. The maximum atomic E-state index is 11.2. The molecule has 0 aliphatic heterocycles. The van der Waals surface area contributed by atoms with Gasteiger partial charge in [0.15, 0.2) is 0 Å². The first-order valence-electron chi connectivity index (χ1n) is 7.16. The minimum atomic E-state index is -3.60. The molecule has 1 aliphatic rings. The van der Waals surface area contributed by atoms with Gasteiger partial charge in [0.05, 0.1) is 4.90 Å². The Morgan fingerprint density at radius 2 is 1.80 bits per heavy atom. The molecule has 0 radical (unpaired) electrons. The van der Waals surface area contributed by atoms with Gasteiger partial charge in [-0.3, -0.25) is 0 Å². The maximum absolute atomic E-state index is 11.2. The van der Waals surface area contributed by atoms with Crippen molar-refractivity contribution in [3.05, 3.63) is 24.3 Å². The first-order valence-corrected chi connectivity index (χ1v) is 8.70. The lowest BCUT2D eigenvalue weighted by Crippen LogP contribution is -2.19. The molecule has 1 aromatic rings. The van der Waals surface area contributed by atoms with E-state index in [2.05, 4.69) is 19.2 Å². The van der Waals surface area contributed by atoms with Crippen molar-refractivity contribution in [1.29, 1.82) is 0 Å². The molecule has 0 spiro atoms. The van der Waals surface area contributed by atoms with Gasteiger partial charge in [0.1, 0.15) is 0 Å². The average Bonchev–Trinajstić information content (AvgIpc) is 2.51. The summed E-state index contributed by atoms with van der Waals surface area (Å²) < 4.78 is 22.4. The Labute approximate surface area is 121 Å². The Morgan fingerprint density at radius 1 is 1.15 bits per heavy atom. The van der Waals surface area contributed by atoms with Crippen molar-refractivity contribution in [1.82, 2.24) is 0 Å². The molecule has 20 heavy (non-hydrogen) atoms. The lowest BCUT2D eigenvalue weighted by Gasteiger charge is -2.22. The molecule has 0 saturated heterocycles. The number of anilines is 1. The van der Waals surface area contributed by atoms with Crippen LogP contribution in [0, 0.1) is 5.41 Å². The summed E-state index contributed by atoms with van der Waals surface area (Å²) in [4.78, 5) is 0.157. The van der Waals surface area contributed by atoms with Crippen LogP contribution in [0.4, 0.5) is 5.69 Å².